The van der Waals surface area contributed by atoms with E-state index < -0.39 is 30.1 Å². The Bertz CT molecular complexity index is 941. The lowest BCUT2D eigenvalue weighted by atomic mass is 9.92. The molecule has 0 aromatic rings. The molecule has 0 unspecified atom stereocenters. The average Bonchev–Trinajstić information content (AvgIpc) is 3.02. The van der Waals surface area contributed by atoms with Crippen LogP contribution < -0.4 is 21.1 Å². The topological polar surface area (TPSA) is 205 Å². The Balaban J connectivity index is 3.82. The maximum atomic E-state index is 12.3. The number of nitrogens with one attached hydrogen (secondary N) is 3. The van der Waals surface area contributed by atoms with E-state index in [4.69, 9.17) is 10.8 Å². The number of rotatable bonds is 33. The van der Waals surface area contributed by atoms with Gasteiger partial charge in [-0.25, -0.2) is 9.52 Å². The van der Waals surface area contributed by atoms with Crippen molar-refractivity contribution in [2.75, 3.05) is 6.54 Å². The Kier molecular flexibility index (Phi) is 29.0. The highest BCUT2D eigenvalue weighted by atomic mass is 32.2. The summed E-state index contributed by atoms with van der Waals surface area (Å²) >= 11 is 0.828. The van der Waals surface area contributed by atoms with Crippen molar-refractivity contribution >= 4 is 54.3 Å². The van der Waals surface area contributed by atoms with Crippen molar-refractivity contribution in [3.05, 3.63) is 0 Å². The van der Waals surface area contributed by atoms with Crippen LogP contribution in [-0.4, -0.2) is 77.3 Å². The summed E-state index contributed by atoms with van der Waals surface area (Å²) in [6, 6.07) is -2.23. The highest BCUT2D eigenvalue weighted by Crippen LogP contribution is 2.15. The summed E-state index contributed by atoms with van der Waals surface area (Å²) in [5.74, 6) is -2.47. The van der Waals surface area contributed by atoms with E-state index in [2.05, 4.69) is 15.4 Å². The van der Waals surface area contributed by atoms with Gasteiger partial charge in [-0.15, -0.1) is 0 Å². The summed E-state index contributed by atoms with van der Waals surface area (Å²) in [6.07, 6.45) is 20.3. The number of unbranched alkanes of at least 4 members (excludes halogenated alkanes) is 16. The maximum absolute atomic E-state index is 12.3. The quantitative estimate of drug-likeness (QED) is 0.0323. The minimum Gasteiger partial charge on any atom is -0.481 e. The van der Waals surface area contributed by atoms with Crippen LogP contribution in [0.5, 0.6) is 0 Å². The molecule has 0 saturated heterocycles. The molecule has 276 valence electrons. The molecule has 0 saturated carbocycles. The second-order valence-electron chi connectivity index (χ2n) is 12.9. The third kappa shape index (κ3) is 28.6. The van der Waals surface area contributed by atoms with Gasteiger partial charge in [0.05, 0.1) is 12.1 Å². The van der Waals surface area contributed by atoms with Gasteiger partial charge >= 0.3 is 11.9 Å². The van der Waals surface area contributed by atoms with Crippen LogP contribution in [0, 0.1) is 0 Å². The number of carboxylic acids is 2. The van der Waals surface area contributed by atoms with Crippen LogP contribution in [0.4, 0.5) is 0 Å². The molecule has 0 rings (SSSR count). The Morgan fingerprint density at radius 1 is 0.625 bits per heavy atom. The third-order valence-electron chi connectivity index (χ3n) is 8.24. The first-order valence-corrected chi connectivity index (χ1v) is 19.0. The SMILES string of the molecule is BC(=O)[C@H](CCCCNC(=O)CC[C@H](NC(=O)CCCCCCCCCCCCCCCCCCC(=O)O)C(=O)O)NSC(=O)[C@H](C)N. The first-order valence-electron chi connectivity index (χ1n) is 18.2. The number of hydrogen-bond acceptors (Lipinski definition) is 9. The van der Waals surface area contributed by atoms with Crippen molar-refractivity contribution in [2.24, 2.45) is 5.73 Å². The Morgan fingerprint density at radius 2 is 1.10 bits per heavy atom. The van der Waals surface area contributed by atoms with Crippen LogP contribution in [0.2, 0.25) is 0 Å². The van der Waals surface area contributed by atoms with E-state index in [0.29, 0.717) is 32.2 Å². The fraction of sp³-hybridized carbons (Fsp3) is 0.824. The van der Waals surface area contributed by atoms with Crippen LogP contribution in [0.15, 0.2) is 0 Å². The predicted molar refractivity (Wildman–Crippen MR) is 193 cm³/mol. The van der Waals surface area contributed by atoms with Gasteiger partial charge in [0.15, 0.2) is 7.85 Å². The zero-order valence-electron chi connectivity index (χ0n) is 29.5. The van der Waals surface area contributed by atoms with Gasteiger partial charge < -0.3 is 31.4 Å². The summed E-state index contributed by atoms with van der Waals surface area (Å²) < 4.78 is 2.85. The molecule has 0 spiro atoms. The third-order valence-corrected chi connectivity index (χ3v) is 9.22. The molecule has 48 heavy (non-hydrogen) atoms. The first kappa shape index (κ1) is 45.6. The molecule has 12 nitrogen and oxygen atoms in total. The fourth-order valence-corrected chi connectivity index (χ4v) is 5.92. The normalized spacial score (nSPS) is 13.0. The van der Waals surface area contributed by atoms with Gasteiger partial charge in [0.2, 0.25) is 16.9 Å². The van der Waals surface area contributed by atoms with Crippen molar-refractivity contribution < 1.29 is 39.0 Å². The number of nitrogens with two attached hydrogens (primary N) is 1. The van der Waals surface area contributed by atoms with Gasteiger partial charge in [-0.05, 0) is 57.4 Å². The lowest BCUT2D eigenvalue weighted by molar-refractivity contribution is -0.142. The van der Waals surface area contributed by atoms with Gasteiger partial charge in [-0.1, -0.05) is 89.9 Å². The lowest BCUT2D eigenvalue weighted by Gasteiger charge is -2.16. The molecule has 0 aliphatic rings. The van der Waals surface area contributed by atoms with Gasteiger partial charge in [-0.2, -0.15) is 0 Å². The van der Waals surface area contributed by atoms with Crippen LogP contribution in [0.25, 0.3) is 0 Å². The van der Waals surface area contributed by atoms with E-state index in [0.717, 1.165) is 50.5 Å². The molecule has 0 aliphatic heterocycles. The zero-order valence-corrected chi connectivity index (χ0v) is 30.3. The Morgan fingerprint density at radius 3 is 1.54 bits per heavy atom. The van der Waals surface area contributed by atoms with E-state index in [-0.39, 0.29) is 48.3 Å². The molecule has 7 N–H and O–H groups in total. The molecular weight excluding hydrogens is 635 g/mol. The van der Waals surface area contributed by atoms with E-state index in [9.17, 15) is 33.9 Å². The molecule has 0 radical (unpaired) electrons. The van der Waals surface area contributed by atoms with E-state index >= 15 is 0 Å². The molecule has 2 amide bonds. The smallest absolute Gasteiger partial charge is 0.326 e. The lowest BCUT2D eigenvalue weighted by Crippen LogP contribution is -2.41. The first-order chi connectivity index (χ1) is 22.9. The van der Waals surface area contributed by atoms with Crippen molar-refractivity contribution in [1.82, 2.24) is 15.4 Å². The molecule has 0 aromatic heterocycles. The molecule has 0 heterocycles. The Labute approximate surface area is 293 Å². The monoisotopic (exact) mass is 698 g/mol. The van der Waals surface area contributed by atoms with E-state index in [1.165, 1.54) is 65.6 Å². The second kappa shape index (κ2) is 30.6. The summed E-state index contributed by atoms with van der Waals surface area (Å²) in [6.45, 7) is 1.95. The molecule has 0 aliphatic carbocycles. The number of carbonyl (C=O) groups excluding carboxylic acids is 4. The van der Waals surface area contributed by atoms with Crippen molar-refractivity contribution in [3.63, 3.8) is 0 Å². The fourth-order valence-electron chi connectivity index (χ4n) is 5.19. The maximum Gasteiger partial charge on any atom is 0.326 e. The highest BCUT2D eigenvalue weighted by molar-refractivity contribution is 8.12. The van der Waals surface area contributed by atoms with Crippen LogP contribution in [0.3, 0.4) is 0 Å². The minimum absolute atomic E-state index is 0.00420. The molecule has 0 bridgehead atoms. The van der Waals surface area contributed by atoms with Crippen LogP contribution in [0.1, 0.15) is 155 Å². The highest BCUT2D eigenvalue weighted by Gasteiger charge is 2.21. The van der Waals surface area contributed by atoms with Gasteiger partial charge in [0, 0.05) is 25.8 Å². The minimum atomic E-state index is -1.16. The van der Waals surface area contributed by atoms with E-state index in [1.54, 1.807) is 6.92 Å². The summed E-state index contributed by atoms with van der Waals surface area (Å²) in [5.41, 5.74) is 5.43. The molecule has 0 fully saturated rings. The summed E-state index contributed by atoms with van der Waals surface area (Å²) in [7, 11) is 1.45. The number of amides is 2. The van der Waals surface area contributed by atoms with Gasteiger partial charge in [0.25, 0.3) is 0 Å². The molecular formula is C34H63BN4O8S. The molecule has 3 atom stereocenters. The average molecular weight is 699 g/mol. The van der Waals surface area contributed by atoms with Gasteiger partial charge in [-0.3, -0.25) is 19.2 Å². The standard InChI is InChI=1S/C34H63BN4O8S/c1-26(36)34(47)48-39-27(32(35)44)20-18-19-25-37-29(40)24-23-28(33(45)46)38-30(41)21-16-14-12-10-8-6-4-2-3-5-7-9-11-13-15-17-22-31(42)43/h26-28,39H,2-25,35-36H2,1H3,(H,37,40)(H,38,41)(H,42,43)(H,45,46)/t26-,27-,28-/m0/s1. The number of carboxylic acid groups (broad SMARTS) is 2. The van der Waals surface area contributed by atoms with Crippen molar-refractivity contribution in [3.8, 4) is 0 Å². The molecule has 14 heteroatoms. The Hall–Kier alpha value is -2.45. The van der Waals surface area contributed by atoms with Crippen LogP contribution >= 0.6 is 11.9 Å². The number of carbonyl (C=O) groups is 6. The summed E-state index contributed by atoms with van der Waals surface area (Å²) in [4.78, 5) is 70.1. The van der Waals surface area contributed by atoms with E-state index in [1.807, 2.05) is 0 Å². The number of aliphatic carboxylic acids is 2. The molecule has 0 aromatic carbocycles. The zero-order chi connectivity index (χ0) is 36.0. The van der Waals surface area contributed by atoms with Crippen LogP contribution in [-0.2, 0) is 28.8 Å². The van der Waals surface area contributed by atoms with Gasteiger partial charge in [0.1, 0.15) is 11.7 Å². The second-order valence-corrected chi connectivity index (χ2v) is 13.7. The largest absolute Gasteiger partial charge is 0.481 e. The van der Waals surface area contributed by atoms with Crippen molar-refractivity contribution in [1.29, 1.82) is 0 Å². The van der Waals surface area contributed by atoms with Crippen molar-refractivity contribution in [2.45, 2.75) is 173 Å². The predicted octanol–water partition coefficient (Wildman–Crippen LogP) is 4.37. The number of hydrogen-bond donors (Lipinski definition) is 6. The summed E-state index contributed by atoms with van der Waals surface area (Å²) in [5, 5.41) is 23.2.